The quantitative estimate of drug-likeness (QED) is 0.821. The highest BCUT2D eigenvalue weighted by atomic mass is 32.2. The van der Waals surface area contributed by atoms with Crippen molar-refractivity contribution >= 4 is 40.2 Å². The fourth-order valence-electron chi connectivity index (χ4n) is 2.52. The predicted octanol–water partition coefficient (Wildman–Crippen LogP) is 3.30. The van der Waals surface area contributed by atoms with E-state index in [0.29, 0.717) is 5.69 Å². The van der Waals surface area contributed by atoms with E-state index in [-0.39, 0.29) is 17.9 Å². The van der Waals surface area contributed by atoms with Crippen LogP contribution < -0.4 is 10.2 Å². The molecule has 1 saturated heterocycles. The van der Waals surface area contributed by atoms with Gasteiger partial charge in [-0.05, 0) is 48.5 Å². The number of hydrogen-bond donors (Lipinski definition) is 2. The fourth-order valence-corrected chi connectivity index (χ4v) is 3.50. The number of aromatic hydroxyl groups is 1. The molecule has 0 spiro atoms. The van der Waals surface area contributed by atoms with Gasteiger partial charge in [0.2, 0.25) is 11.8 Å². The van der Waals surface area contributed by atoms with Crippen LogP contribution in [0, 0.1) is 6.92 Å². The van der Waals surface area contributed by atoms with Crippen LogP contribution in [0.5, 0.6) is 5.75 Å². The largest absolute Gasteiger partial charge is 0.506 e. The van der Waals surface area contributed by atoms with E-state index in [0.717, 1.165) is 22.2 Å². The summed E-state index contributed by atoms with van der Waals surface area (Å²) in [5, 5.41) is 11.2. The van der Waals surface area contributed by atoms with Crippen LogP contribution in [0.4, 0.5) is 16.2 Å². The van der Waals surface area contributed by atoms with Crippen LogP contribution in [0.25, 0.3) is 0 Å². The molecule has 1 aliphatic heterocycles. The topological polar surface area (TPSA) is 86.7 Å². The van der Waals surface area contributed by atoms with Crippen molar-refractivity contribution in [2.24, 2.45) is 0 Å². The molecule has 3 rings (SSSR count). The Hall–Kier alpha value is -2.80. The lowest BCUT2D eigenvalue weighted by atomic mass is 10.2. The number of imide groups is 1. The summed E-state index contributed by atoms with van der Waals surface area (Å²) < 4.78 is 0. The van der Waals surface area contributed by atoms with Gasteiger partial charge in [-0.15, -0.1) is 0 Å². The molecule has 0 radical (unpaired) electrons. The second-order valence-electron chi connectivity index (χ2n) is 5.65. The first-order valence-corrected chi connectivity index (χ1v) is 8.53. The van der Waals surface area contributed by atoms with Crippen molar-refractivity contribution in [3.05, 3.63) is 54.1 Å². The van der Waals surface area contributed by atoms with Crippen LogP contribution >= 0.6 is 11.8 Å². The van der Waals surface area contributed by atoms with Gasteiger partial charge in [0.1, 0.15) is 11.0 Å². The second kappa shape index (κ2) is 6.98. The normalized spacial score (nSPS) is 17.0. The molecule has 3 amide bonds. The van der Waals surface area contributed by atoms with Gasteiger partial charge >= 0.3 is 0 Å². The Kier molecular flexibility index (Phi) is 4.76. The molecular weight excluding hydrogens is 340 g/mol. The molecular formula is C18H16N2O4S. The van der Waals surface area contributed by atoms with Crippen molar-refractivity contribution < 1.29 is 19.5 Å². The van der Waals surface area contributed by atoms with E-state index in [1.54, 1.807) is 42.5 Å². The maximum atomic E-state index is 12.5. The lowest BCUT2D eigenvalue weighted by Gasteiger charge is -2.13. The predicted molar refractivity (Wildman–Crippen MR) is 96.8 cm³/mol. The second-order valence-corrected chi connectivity index (χ2v) is 6.81. The fraction of sp³-hybridized carbons (Fsp3) is 0.167. The van der Waals surface area contributed by atoms with Crippen LogP contribution in [-0.2, 0) is 9.59 Å². The third kappa shape index (κ3) is 3.66. The van der Waals surface area contributed by atoms with Gasteiger partial charge in [-0.2, -0.15) is 0 Å². The zero-order chi connectivity index (χ0) is 18.0. The third-order valence-electron chi connectivity index (χ3n) is 3.73. The van der Waals surface area contributed by atoms with Crippen molar-refractivity contribution in [3.63, 3.8) is 0 Å². The molecule has 1 fully saturated rings. The molecule has 1 aliphatic rings. The molecule has 0 aromatic heterocycles. The van der Waals surface area contributed by atoms with Crippen LogP contribution in [0.2, 0.25) is 0 Å². The highest BCUT2D eigenvalue weighted by Crippen LogP contribution is 2.33. The number of phenols is 1. The summed E-state index contributed by atoms with van der Waals surface area (Å²) in [6, 6.07) is 13.5. The maximum Gasteiger partial charge on any atom is 0.293 e. The summed E-state index contributed by atoms with van der Waals surface area (Å²) in [7, 11) is 0. The monoisotopic (exact) mass is 356 g/mol. The van der Waals surface area contributed by atoms with Crippen molar-refractivity contribution in [1.29, 1.82) is 0 Å². The summed E-state index contributed by atoms with van der Waals surface area (Å²) in [6.45, 7) is 1.84. The maximum absolute atomic E-state index is 12.5. The molecule has 0 saturated carbocycles. The summed E-state index contributed by atoms with van der Waals surface area (Å²) in [4.78, 5) is 37.9. The number of rotatable bonds is 4. The average Bonchev–Trinajstić information content (AvgIpc) is 2.85. The molecule has 2 aromatic rings. The Morgan fingerprint density at radius 2 is 1.92 bits per heavy atom. The van der Waals surface area contributed by atoms with Gasteiger partial charge in [0, 0.05) is 6.42 Å². The SMILES string of the molecule is Cc1ccc(O)c(NC(=O)CC2SC(=O)N(c3ccccc3)C2=O)c1. The Labute approximate surface area is 148 Å². The summed E-state index contributed by atoms with van der Waals surface area (Å²) in [5.41, 5.74) is 1.65. The first-order chi connectivity index (χ1) is 12.0. The molecule has 1 unspecified atom stereocenters. The first kappa shape index (κ1) is 17.0. The number of phenolic OH excluding ortho intramolecular Hbond substituents is 1. The van der Waals surface area contributed by atoms with Crippen LogP contribution in [0.15, 0.2) is 48.5 Å². The smallest absolute Gasteiger partial charge is 0.293 e. The Balaban J connectivity index is 1.69. The minimum absolute atomic E-state index is 0.0497. The van der Waals surface area contributed by atoms with Gasteiger partial charge in [0.15, 0.2) is 0 Å². The molecule has 0 aliphatic carbocycles. The summed E-state index contributed by atoms with van der Waals surface area (Å²) in [6.07, 6.45) is -0.147. The van der Waals surface area contributed by atoms with Crippen molar-refractivity contribution in [3.8, 4) is 5.75 Å². The molecule has 7 heteroatoms. The van der Waals surface area contributed by atoms with Crippen molar-refractivity contribution in [1.82, 2.24) is 0 Å². The number of amides is 3. The van der Waals surface area contributed by atoms with E-state index < -0.39 is 22.3 Å². The molecule has 6 nitrogen and oxygen atoms in total. The number of para-hydroxylation sites is 1. The van der Waals surface area contributed by atoms with E-state index in [9.17, 15) is 19.5 Å². The van der Waals surface area contributed by atoms with Gasteiger partial charge in [-0.1, -0.05) is 24.3 Å². The van der Waals surface area contributed by atoms with Gasteiger partial charge < -0.3 is 10.4 Å². The average molecular weight is 356 g/mol. The number of nitrogens with one attached hydrogen (secondary N) is 1. The first-order valence-electron chi connectivity index (χ1n) is 7.65. The molecule has 1 atom stereocenters. The Bertz CT molecular complexity index is 838. The third-order valence-corrected chi connectivity index (χ3v) is 4.77. The van der Waals surface area contributed by atoms with E-state index in [2.05, 4.69) is 5.32 Å². The van der Waals surface area contributed by atoms with Crippen molar-refractivity contribution in [2.75, 3.05) is 10.2 Å². The van der Waals surface area contributed by atoms with Gasteiger partial charge in [-0.3, -0.25) is 14.4 Å². The minimum atomic E-state index is -0.778. The zero-order valence-corrected chi connectivity index (χ0v) is 14.2. The van der Waals surface area contributed by atoms with Crippen molar-refractivity contribution in [2.45, 2.75) is 18.6 Å². The summed E-state index contributed by atoms with van der Waals surface area (Å²) in [5.74, 6) is -0.898. The number of nitrogens with zero attached hydrogens (tertiary/aromatic N) is 1. The molecule has 128 valence electrons. The zero-order valence-electron chi connectivity index (χ0n) is 13.4. The highest BCUT2D eigenvalue weighted by molar-refractivity contribution is 8.15. The molecule has 25 heavy (non-hydrogen) atoms. The molecule has 0 bridgehead atoms. The highest BCUT2D eigenvalue weighted by Gasteiger charge is 2.41. The van der Waals surface area contributed by atoms with Crippen LogP contribution in [0.3, 0.4) is 0 Å². The molecule has 2 N–H and O–H groups in total. The number of benzene rings is 2. The molecule has 2 aromatic carbocycles. The number of aryl methyl sites for hydroxylation is 1. The Morgan fingerprint density at radius 1 is 1.20 bits per heavy atom. The molecule has 1 heterocycles. The number of thioether (sulfide) groups is 1. The van der Waals surface area contributed by atoms with E-state index in [1.807, 2.05) is 6.92 Å². The van der Waals surface area contributed by atoms with E-state index >= 15 is 0 Å². The number of hydrogen-bond acceptors (Lipinski definition) is 5. The lowest BCUT2D eigenvalue weighted by Crippen LogP contribution is -2.32. The van der Waals surface area contributed by atoms with Gasteiger partial charge in [-0.25, -0.2) is 4.90 Å². The van der Waals surface area contributed by atoms with Gasteiger partial charge in [0.05, 0.1) is 11.4 Å². The van der Waals surface area contributed by atoms with Crippen LogP contribution in [-0.4, -0.2) is 27.4 Å². The summed E-state index contributed by atoms with van der Waals surface area (Å²) >= 11 is 0.837. The standard InChI is InChI=1S/C18H16N2O4S/c1-11-7-8-14(21)13(9-11)19-16(22)10-15-17(23)20(18(24)25-15)12-5-3-2-4-6-12/h2-9,15,21H,10H2,1H3,(H,19,22). The minimum Gasteiger partial charge on any atom is -0.506 e. The van der Waals surface area contributed by atoms with E-state index in [1.165, 1.54) is 6.07 Å². The number of anilines is 2. The van der Waals surface area contributed by atoms with Crippen LogP contribution in [0.1, 0.15) is 12.0 Å². The number of carbonyl (C=O) groups excluding carboxylic acids is 3. The number of carbonyl (C=O) groups is 3. The van der Waals surface area contributed by atoms with E-state index in [4.69, 9.17) is 0 Å². The van der Waals surface area contributed by atoms with Gasteiger partial charge in [0.25, 0.3) is 5.24 Å². The lowest BCUT2D eigenvalue weighted by molar-refractivity contribution is -0.121. The Morgan fingerprint density at radius 3 is 2.64 bits per heavy atom.